The Morgan fingerprint density at radius 2 is 2.23 bits per heavy atom. The zero-order valence-corrected chi connectivity index (χ0v) is 12.1. The van der Waals surface area contributed by atoms with Crippen LogP contribution in [0, 0.1) is 0 Å². The van der Waals surface area contributed by atoms with E-state index in [1.807, 2.05) is 12.1 Å². The number of nitrogens with two attached hydrogens (primary N) is 1. The fourth-order valence-electron chi connectivity index (χ4n) is 1.77. The molecule has 0 fully saturated rings. The van der Waals surface area contributed by atoms with Crippen molar-refractivity contribution in [1.29, 1.82) is 0 Å². The zero-order valence-electron chi connectivity index (χ0n) is 12.1. The van der Waals surface area contributed by atoms with Gasteiger partial charge in [-0.15, -0.1) is 6.58 Å². The van der Waals surface area contributed by atoms with Crippen molar-refractivity contribution in [3.05, 3.63) is 54.5 Å². The third kappa shape index (κ3) is 3.51. The lowest BCUT2D eigenvalue weighted by Gasteiger charge is -2.11. The van der Waals surface area contributed by atoms with Gasteiger partial charge in [-0.25, -0.2) is 4.98 Å². The van der Waals surface area contributed by atoms with Crippen LogP contribution in [-0.4, -0.2) is 28.1 Å². The number of hydrogen-bond acceptors (Lipinski definition) is 6. The highest BCUT2D eigenvalue weighted by atomic mass is 16.5. The van der Waals surface area contributed by atoms with E-state index >= 15 is 0 Å². The highest BCUT2D eigenvalue weighted by molar-refractivity contribution is 5.94. The van der Waals surface area contributed by atoms with Gasteiger partial charge in [-0.1, -0.05) is 17.3 Å². The molecule has 3 N–H and O–H groups in total. The summed E-state index contributed by atoms with van der Waals surface area (Å²) >= 11 is 0. The van der Waals surface area contributed by atoms with E-state index in [0.717, 1.165) is 12.0 Å². The van der Waals surface area contributed by atoms with Gasteiger partial charge in [0.05, 0.1) is 19.5 Å². The maximum absolute atomic E-state index is 8.66. The molecule has 0 aliphatic heterocycles. The Morgan fingerprint density at radius 3 is 2.91 bits per heavy atom. The average Bonchev–Trinajstić information content (AvgIpc) is 2.56. The van der Waals surface area contributed by atoms with Crippen molar-refractivity contribution in [2.45, 2.75) is 6.42 Å². The molecule has 7 heteroatoms. The summed E-state index contributed by atoms with van der Waals surface area (Å²) in [6.45, 7) is 3.70. The number of oxime groups is 1. The van der Waals surface area contributed by atoms with Crippen LogP contribution in [0.5, 0.6) is 17.4 Å². The van der Waals surface area contributed by atoms with E-state index in [9.17, 15) is 0 Å². The van der Waals surface area contributed by atoms with Gasteiger partial charge in [0.25, 0.3) is 0 Å². The highest BCUT2D eigenvalue weighted by Crippen LogP contribution is 2.31. The minimum Gasteiger partial charge on any atom is -0.493 e. The number of nitrogens with zero attached hydrogens (tertiary/aromatic N) is 3. The van der Waals surface area contributed by atoms with Crippen LogP contribution in [0.4, 0.5) is 0 Å². The van der Waals surface area contributed by atoms with Gasteiger partial charge in [-0.05, 0) is 24.1 Å². The molecule has 0 spiro atoms. The van der Waals surface area contributed by atoms with E-state index in [0.29, 0.717) is 11.5 Å². The predicted octanol–water partition coefficient (Wildman–Crippen LogP) is 2.10. The Bertz CT molecular complexity index is 701. The first-order valence-electron chi connectivity index (χ1n) is 6.43. The largest absolute Gasteiger partial charge is 0.493 e. The van der Waals surface area contributed by atoms with Gasteiger partial charge in [0, 0.05) is 0 Å². The summed E-state index contributed by atoms with van der Waals surface area (Å²) in [5.74, 6) is 1.11. The second kappa shape index (κ2) is 7.07. The average molecular weight is 300 g/mol. The molecular formula is C15H16N4O3. The number of aromatic nitrogens is 2. The van der Waals surface area contributed by atoms with Crippen molar-refractivity contribution in [1.82, 2.24) is 9.97 Å². The number of ether oxygens (including phenoxy) is 2. The summed E-state index contributed by atoms with van der Waals surface area (Å²) in [6, 6.07) is 5.54. The highest BCUT2D eigenvalue weighted by Gasteiger charge is 2.10. The molecule has 0 aliphatic carbocycles. The Morgan fingerprint density at radius 1 is 1.41 bits per heavy atom. The van der Waals surface area contributed by atoms with E-state index in [1.165, 1.54) is 12.4 Å². The van der Waals surface area contributed by atoms with Crippen molar-refractivity contribution in [3.8, 4) is 17.4 Å². The van der Waals surface area contributed by atoms with Crippen LogP contribution in [-0.2, 0) is 6.42 Å². The number of methoxy groups -OCH3 is 1. The van der Waals surface area contributed by atoms with Crippen LogP contribution in [0.15, 0.2) is 48.4 Å². The van der Waals surface area contributed by atoms with Crippen molar-refractivity contribution in [2.24, 2.45) is 10.9 Å². The summed E-state index contributed by atoms with van der Waals surface area (Å²) in [5.41, 5.74) is 6.74. The topological polar surface area (TPSA) is 103 Å². The number of rotatable bonds is 6. The van der Waals surface area contributed by atoms with Gasteiger partial charge in [0.2, 0.25) is 5.88 Å². The van der Waals surface area contributed by atoms with E-state index < -0.39 is 0 Å². The SMILES string of the molecule is C=CCc1ccc(Oc2cncc(/C(N)=N/O)n2)c(OC)c1. The molecule has 0 bridgehead atoms. The van der Waals surface area contributed by atoms with E-state index in [4.69, 9.17) is 20.4 Å². The smallest absolute Gasteiger partial charge is 0.238 e. The number of allylic oxidation sites excluding steroid dienone is 1. The summed E-state index contributed by atoms with van der Waals surface area (Å²) in [6.07, 6.45) is 5.33. The molecular weight excluding hydrogens is 284 g/mol. The number of hydrogen-bond donors (Lipinski definition) is 2. The molecule has 2 aromatic rings. The molecule has 0 aliphatic rings. The van der Waals surface area contributed by atoms with Gasteiger partial charge >= 0.3 is 0 Å². The lowest BCUT2D eigenvalue weighted by atomic mass is 10.1. The molecule has 1 aromatic heterocycles. The van der Waals surface area contributed by atoms with Crippen molar-refractivity contribution >= 4 is 5.84 Å². The third-order valence-corrected chi connectivity index (χ3v) is 2.81. The lowest BCUT2D eigenvalue weighted by Crippen LogP contribution is -2.15. The van der Waals surface area contributed by atoms with Crippen molar-refractivity contribution in [3.63, 3.8) is 0 Å². The summed E-state index contributed by atoms with van der Waals surface area (Å²) in [7, 11) is 1.55. The molecule has 114 valence electrons. The molecule has 0 saturated heterocycles. The molecule has 2 rings (SSSR count). The van der Waals surface area contributed by atoms with Gasteiger partial charge in [-0.2, -0.15) is 0 Å². The fraction of sp³-hybridized carbons (Fsp3) is 0.133. The molecule has 1 aromatic carbocycles. The predicted molar refractivity (Wildman–Crippen MR) is 81.5 cm³/mol. The molecule has 7 nitrogen and oxygen atoms in total. The number of amidine groups is 1. The first-order chi connectivity index (χ1) is 10.7. The van der Waals surface area contributed by atoms with Crippen molar-refractivity contribution in [2.75, 3.05) is 7.11 Å². The molecule has 0 unspecified atom stereocenters. The molecule has 0 saturated carbocycles. The second-order valence-electron chi connectivity index (χ2n) is 4.31. The Balaban J connectivity index is 2.28. The van der Waals surface area contributed by atoms with E-state index in [2.05, 4.69) is 21.7 Å². The first kappa shape index (κ1) is 15.3. The van der Waals surface area contributed by atoms with Gasteiger partial charge in [0.15, 0.2) is 17.3 Å². The summed E-state index contributed by atoms with van der Waals surface area (Å²) in [4.78, 5) is 8.04. The summed E-state index contributed by atoms with van der Waals surface area (Å²) < 4.78 is 11.0. The van der Waals surface area contributed by atoms with Crippen molar-refractivity contribution < 1.29 is 14.7 Å². The van der Waals surface area contributed by atoms with E-state index in [1.54, 1.807) is 19.3 Å². The Labute approximate surface area is 127 Å². The normalized spacial score (nSPS) is 11.0. The molecule has 22 heavy (non-hydrogen) atoms. The van der Waals surface area contributed by atoms with Crippen LogP contribution >= 0.6 is 0 Å². The summed E-state index contributed by atoms with van der Waals surface area (Å²) in [5, 5.41) is 11.5. The minimum absolute atomic E-state index is 0.147. The van der Waals surface area contributed by atoms with Crippen LogP contribution in [0.2, 0.25) is 0 Å². The molecule has 0 atom stereocenters. The lowest BCUT2D eigenvalue weighted by molar-refractivity contribution is 0.318. The Kier molecular flexibility index (Phi) is 4.92. The van der Waals surface area contributed by atoms with Crippen LogP contribution in [0.25, 0.3) is 0 Å². The van der Waals surface area contributed by atoms with Crippen LogP contribution < -0.4 is 15.2 Å². The third-order valence-electron chi connectivity index (χ3n) is 2.81. The Hall–Kier alpha value is -3.09. The fourth-order valence-corrected chi connectivity index (χ4v) is 1.77. The maximum atomic E-state index is 8.66. The van der Waals surface area contributed by atoms with Gasteiger partial charge < -0.3 is 20.4 Å². The molecule has 0 amide bonds. The maximum Gasteiger partial charge on any atom is 0.238 e. The minimum atomic E-state index is -0.147. The standard InChI is InChI=1S/C15H16N4O3/c1-3-4-10-5-6-12(13(7-10)21-2)22-14-9-17-8-11(18-14)15(16)19-20/h3,5-9,20H,1,4H2,2H3,(H2,16,19). The monoisotopic (exact) mass is 300 g/mol. The first-order valence-corrected chi connectivity index (χ1v) is 6.43. The van der Waals surface area contributed by atoms with E-state index in [-0.39, 0.29) is 17.4 Å². The number of benzene rings is 1. The zero-order chi connectivity index (χ0) is 15.9. The second-order valence-corrected chi connectivity index (χ2v) is 4.31. The quantitative estimate of drug-likeness (QED) is 0.278. The van der Waals surface area contributed by atoms with Gasteiger partial charge in [0.1, 0.15) is 5.69 Å². The van der Waals surface area contributed by atoms with Gasteiger partial charge in [-0.3, -0.25) is 4.98 Å². The molecule has 1 heterocycles. The molecule has 0 radical (unpaired) electrons. The van der Waals surface area contributed by atoms with Crippen LogP contribution in [0.1, 0.15) is 11.3 Å². The van der Waals surface area contributed by atoms with Crippen LogP contribution in [0.3, 0.4) is 0 Å².